The maximum absolute atomic E-state index is 13.6. The Bertz CT molecular complexity index is 407. The Morgan fingerprint density at radius 3 is 2.67 bits per heavy atom. The number of hydrogen-bond acceptors (Lipinski definition) is 1. The molecule has 0 aliphatic heterocycles. The Morgan fingerprint density at radius 1 is 1.28 bits per heavy atom. The van der Waals surface area contributed by atoms with Gasteiger partial charge < -0.3 is 5.32 Å². The second-order valence-electron chi connectivity index (χ2n) is 5.35. The van der Waals surface area contributed by atoms with Crippen LogP contribution in [0.5, 0.6) is 0 Å². The Hall–Kier alpha value is -0.860. The maximum Gasteiger partial charge on any atom is 0.145 e. The fraction of sp³-hybridized carbons (Fsp3) is 0.467. The van der Waals surface area contributed by atoms with Crippen molar-refractivity contribution >= 4 is 11.6 Å². The topological polar surface area (TPSA) is 12.0 Å². The summed E-state index contributed by atoms with van der Waals surface area (Å²) in [6.07, 6.45) is 5.58. The minimum absolute atomic E-state index is 0.146. The lowest BCUT2D eigenvalue weighted by Crippen LogP contribution is -2.36. The minimum atomic E-state index is -0.309. The van der Waals surface area contributed by atoms with Crippen LogP contribution in [0.2, 0.25) is 5.02 Å². The molecule has 0 atom stereocenters. The van der Waals surface area contributed by atoms with Gasteiger partial charge in [-0.05, 0) is 51.8 Å². The minimum Gasteiger partial charge on any atom is -0.312 e. The normalized spacial score (nSPS) is 12.3. The van der Waals surface area contributed by atoms with Crippen LogP contribution in [0.15, 0.2) is 30.4 Å². The van der Waals surface area contributed by atoms with Gasteiger partial charge in [0.05, 0.1) is 5.02 Å². The first-order valence-corrected chi connectivity index (χ1v) is 6.61. The highest BCUT2D eigenvalue weighted by molar-refractivity contribution is 6.30. The van der Waals surface area contributed by atoms with Gasteiger partial charge in [0.15, 0.2) is 0 Å². The third-order valence-electron chi connectivity index (χ3n) is 2.50. The number of rotatable bonds is 5. The van der Waals surface area contributed by atoms with Crippen LogP contribution in [0.25, 0.3) is 0 Å². The van der Waals surface area contributed by atoms with Crippen LogP contribution in [0.1, 0.15) is 32.8 Å². The number of allylic oxidation sites excluding steroid dienone is 1. The van der Waals surface area contributed by atoms with Gasteiger partial charge in [-0.3, -0.25) is 0 Å². The molecule has 0 unspecified atom stereocenters. The average Bonchev–Trinajstić information content (AvgIpc) is 2.27. The number of halogens is 2. The zero-order valence-corrected chi connectivity index (χ0v) is 12.0. The van der Waals surface area contributed by atoms with Crippen molar-refractivity contribution in [3.05, 3.63) is 46.8 Å². The van der Waals surface area contributed by atoms with Crippen molar-refractivity contribution in [2.45, 2.75) is 39.2 Å². The maximum atomic E-state index is 13.6. The lowest BCUT2D eigenvalue weighted by Gasteiger charge is -2.19. The number of nitrogens with one attached hydrogen (secondary N) is 1. The predicted octanol–water partition coefficient (Wildman–Crippen LogP) is 4.36. The molecule has 1 nitrogen and oxygen atoms in total. The quantitative estimate of drug-likeness (QED) is 0.619. The Balaban J connectivity index is 2.35. The van der Waals surface area contributed by atoms with E-state index in [1.807, 2.05) is 6.08 Å². The summed E-state index contributed by atoms with van der Waals surface area (Å²) in [7, 11) is 0. The van der Waals surface area contributed by atoms with Crippen molar-refractivity contribution in [2.24, 2.45) is 0 Å². The monoisotopic (exact) mass is 269 g/mol. The van der Waals surface area contributed by atoms with Crippen molar-refractivity contribution in [3.63, 3.8) is 0 Å². The van der Waals surface area contributed by atoms with Crippen molar-refractivity contribution in [3.8, 4) is 0 Å². The van der Waals surface area contributed by atoms with E-state index in [1.54, 1.807) is 18.2 Å². The van der Waals surface area contributed by atoms with Crippen LogP contribution in [0.4, 0.5) is 4.39 Å². The Morgan fingerprint density at radius 2 is 2.00 bits per heavy atom. The smallest absolute Gasteiger partial charge is 0.145 e. The Kier molecular flexibility index (Phi) is 5.83. The van der Waals surface area contributed by atoms with Gasteiger partial charge in [0.1, 0.15) is 5.82 Å². The van der Waals surface area contributed by atoms with E-state index < -0.39 is 0 Å². The molecule has 0 fully saturated rings. The van der Waals surface area contributed by atoms with Crippen LogP contribution >= 0.6 is 11.6 Å². The van der Waals surface area contributed by atoms with Gasteiger partial charge >= 0.3 is 0 Å². The van der Waals surface area contributed by atoms with Crippen LogP contribution in [0.3, 0.4) is 0 Å². The Labute approximate surface area is 114 Å². The van der Waals surface area contributed by atoms with E-state index >= 15 is 0 Å². The van der Waals surface area contributed by atoms with Crippen LogP contribution < -0.4 is 5.32 Å². The highest BCUT2D eigenvalue weighted by Gasteiger charge is 2.06. The summed E-state index contributed by atoms with van der Waals surface area (Å²) in [6, 6.07) is 5.10. The van der Waals surface area contributed by atoms with Crippen LogP contribution in [-0.4, -0.2) is 12.1 Å². The summed E-state index contributed by atoms with van der Waals surface area (Å²) >= 11 is 5.72. The van der Waals surface area contributed by atoms with E-state index in [2.05, 4.69) is 32.2 Å². The van der Waals surface area contributed by atoms with Gasteiger partial charge in [-0.15, -0.1) is 0 Å². The molecule has 100 valence electrons. The summed E-state index contributed by atoms with van der Waals surface area (Å²) < 4.78 is 13.6. The molecule has 0 spiro atoms. The lowest BCUT2D eigenvalue weighted by molar-refractivity contribution is 0.431. The largest absolute Gasteiger partial charge is 0.312 e. The van der Waals surface area contributed by atoms with E-state index in [0.717, 1.165) is 13.0 Å². The third kappa shape index (κ3) is 5.65. The molecule has 1 N–H and O–H groups in total. The van der Waals surface area contributed by atoms with E-state index in [1.165, 1.54) is 0 Å². The van der Waals surface area contributed by atoms with Gasteiger partial charge in [0.25, 0.3) is 0 Å². The van der Waals surface area contributed by atoms with E-state index in [-0.39, 0.29) is 16.4 Å². The molecule has 3 heteroatoms. The summed E-state index contributed by atoms with van der Waals surface area (Å²) in [4.78, 5) is 0. The van der Waals surface area contributed by atoms with E-state index in [4.69, 9.17) is 11.6 Å². The molecule has 1 aromatic rings. The molecule has 0 amide bonds. The summed E-state index contributed by atoms with van der Waals surface area (Å²) in [5.74, 6) is -0.309. The van der Waals surface area contributed by atoms with Crippen molar-refractivity contribution in [1.82, 2.24) is 5.32 Å². The second-order valence-corrected chi connectivity index (χ2v) is 5.76. The molecule has 1 aromatic carbocycles. The summed E-state index contributed by atoms with van der Waals surface area (Å²) in [5.41, 5.74) is 0.787. The highest BCUT2D eigenvalue weighted by Crippen LogP contribution is 2.18. The molecule has 0 aliphatic rings. The molecule has 0 heterocycles. The zero-order valence-electron chi connectivity index (χ0n) is 11.3. The SMILES string of the molecule is CC(C)(C)NCC/C=C/Cc1cccc(Cl)c1F. The standard InChI is InChI=1S/C15H21ClFN/c1-15(2,3)18-11-6-4-5-8-12-9-7-10-13(16)14(12)17/h4-5,7,9-10,18H,6,8,11H2,1-3H3/b5-4+. The fourth-order valence-corrected chi connectivity index (χ4v) is 1.76. The van der Waals surface area contributed by atoms with Crippen molar-refractivity contribution < 1.29 is 4.39 Å². The first-order valence-electron chi connectivity index (χ1n) is 6.23. The van der Waals surface area contributed by atoms with E-state index in [9.17, 15) is 4.39 Å². The third-order valence-corrected chi connectivity index (χ3v) is 2.79. The lowest BCUT2D eigenvalue weighted by atomic mass is 10.1. The second kappa shape index (κ2) is 6.91. The predicted molar refractivity (Wildman–Crippen MR) is 76.6 cm³/mol. The molecule has 0 aliphatic carbocycles. The summed E-state index contributed by atoms with van der Waals surface area (Å²) in [6.45, 7) is 7.34. The number of benzene rings is 1. The number of hydrogen-bond donors (Lipinski definition) is 1. The van der Waals surface area contributed by atoms with Crippen LogP contribution in [0, 0.1) is 5.82 Å². The van der Waals surface area contributed by atoms with Crippen molar-refractivity contribution in [2.75, 3.05) is 6.54 Å². The molecule has 0 saturated heterocycles. The molecule has 18 heavy (non-hydrogen) atoms. The molecule has 0 bridgehead atoms. The molecular formula is C15H21ClFN. The molecule has 0 aromatic heterocycles. The molecule has 1 rings (SSSR count). The molecular weight excluding hydrogens is 249 g/mol. The van der Waals surface area contributed by atoms with Crippen LogP contribution in [-0.2, 0) is 6.42 Å². The van der Waals surface area contributed by atoms with Gasteiger partial charge in [-0.2, -0.15) is 0 Å². The molecule has 0 saturated carbocycles. The van der Waals surface area contributed by atoms with Gasteiger partial charge in [-0.1, -0.05) is 35.9 Å². The van der Waals surface area contributed by atoms with Crippen molar-refractivity contribution in [1.29, 1.82) is 0 Å². The zero-order chi connectivity index (χ0) is 13.6. The van der Waals surface area contributed by atoms with E-state index in [0.29, 0.717) is 12.0 Å². The summed E-state index contributed by atoms with van der Waals surface area (Å²) in [5, 5.41) is 3.58. The highest BCUT2D eigenvalue weighted by atomic mass is 35.5. The van der Waals surface area contributed by atoms with Gasteiger partial charge in [0, 0.05) is 5.54 Å². The fourth-order valence-electron chi connectivity index (χ4n) is 1.56. The van der Waals surface area contributed by atoms with Gasteiger partial charge in [-0.25, -0.2) is 4.39 Å². The van der Waals surface area contributed by atoms with Gasteiger partial charge in [0.2, 0.25) is 0 Å². The first kappa shape index (κ1) is 15.2. The first-order chi connectivity index (χ1) is 8.40. The average molecular weight is 270 g/mol. The molecule has 0 radical (unpaired) electrons.